The highest BCUT2D eigenvalue weighted by Gasteiger charge is 2.07. The summed E-state index contributed by atoms with van der Waals surface area (Å²) in [5.74, 6) is -1.05. The summed E-state index contributed by atoms with van der Waals surface area (Å²) in [5, 5.41) is 8.08. The summed E-state index contributed by atoms with van der Waals surface area (Å²) >= 11 is 0. The molecular formula is C5H8FNO3. The SMILES string of the molecule is CN(CCC(=O)O)C(=O)F. The van der Waals surface area contributed by atoms with Crippen molar-refractivity contribution in [1.82, 2.24) is 4.90 Å². The smallest absolute Gasteiger partial charge is 0.399 e. The van der Waals surface area contributed by atoms with Crippen molar-refractivity contribution >= 4 is 12.1 Å². The Balaban J connectivity index is 3.49. The van der Waals surface area contributed by atoms with E-state index in [0.29, 0.717) is 4.90 Å². The maximum Gasteiger partial charge on any atom is 0.399 e. The van der Waals surface area contributed by atoms with Gasteiger partial charge in [-0.15, -0.1) is 4.39 Å². The first-order chi connectivity index (χ1) is 4.54. The van der Waals surface area contributed by atoms with E-state index in [1.807, 2.05) is 0 Å². The Morgan fingerprint density at radius 1 is 1.60 bits per heavy atom. The molecule has 0 saturated heterocycles. The standard InChI is InChI=1S/C5H8FNO3/c1-7(5(6)10)3-2-4(8)9/h2-3H2,1H3,(H,8,9). The lowest BCUT2D eigenvalue weighted by Crippen LogP contribution is -2.24. The predicted molar refractivity (Wildman–Crippen MR) is 31.4 cm³/mol. The lowest BCUT2D eigenvalue weighted by Gasteiger charge is -2.08. The van der Waals surface area contributed by atoms with E-state index in [-0.39, 0.29) is 13.0 Å². The first-order valence-corrected chi connectivity index (χ1v) is 2.66. The number of halogens is 1. The lowest BCUT2D eigenvalue weighted by molar-refractivity contribution is -0.137. The second-order valence-electron chi connectivity index (χ2n) is 1.82. The topological polar surface area (TPSA) is 57.6 Å². The second kappa shape index (κ2) is 3.81. The largest absolute Gasteiger partial charge is 0.481 e. The predicted octanol–water partition coefficient (Wildman–Crippen LogP) is 0.482. The Labute approximate surface area is 57.2 Å². The molecule has 0 bridgehead atoms. The number of rotatable bonds is 3. The zero-order valence-electron chi connectivity index (χ0n) is 5.50. The number of carbonyl (C=O) groups excluding carboxylic acids is 1. The van der Waals surface area contributed by atoms with E-state index in [0.717, 1.165) is 0 Å². The molecule has 0 aliphatic carbocycles. The molecule has 0 aliphatic heterocycles. The van der Waals surface area contributed by atoms with Crippen molar-refractivity contribution in [1.29, 1.82) is 0 Å². The van der Waals surface area contributed by atoms with Gasteiger partial charge in [0.05, 0.1) is 6.42 Å². The monoisotopic (exact) mass is 149 g/mol. The highest BCUT2D eigenvalue weighted by Crippen LogP contribution is 1.90. The summed E-state index contributed by atoms with van der Waals surface area (Å²) in [6, 6.07) is 0. The summed E-state index contributed by atoms with van der Waals surface area (Å²) < 4.78 is 11.6. The Hall–Kier alpha value is -1.13. The van der Waals surface area contributed by atoms with Gasteiger partial charge >= 0.3 is 12.1 Å². The third kappa shape index (κ3) is 3.82. The molecule has 0 aromatic rings. The van der Waals surface area contributed by atoms with Crippen LogP contribution < -0.4 is 0 Å². The molecule has 0 atom stereocenters. The molecule has 10 heavy (non-hydrogen) atoms. The fraction of sp³-hybridized carbons (Fsp3) is 0.600. The van der Waals surface area contributed by atoms with Gasteiger partial charge in [0.2, 0.25) is 0 Å². The van der Waals surface area contributed by atoms with E-state index < -0.39 is 12.1 Å². The summed E-state index contributed by atoms with van der Waals surface area (Å²) in [4.78, 5) is 20.4. The maximum absolute atomic E-state index is 11.6. The number of carboxylic acid groups (broad SMARTS) is 1. The van der Waals surface area contributed by atoms with Crippen LogP contribution in [0.3, 0.4) is 0 Å². The molecule has 0 rings (SSSR count). The number of carbonyl (C=O) groups is 2. The molecule has 0 fully saturated rings. The van der Waals surface area contributed by atoms with Crippen molar-refractivity contribution in [2.75, 3.05) is 13.6 Å². The van der Waals surface area contributed by atoms with Gasteiger partial charge in [-0.25, -0.2) is 4.79 Å². The van der Waals surface area contributed by atoms with E-state index >= 15 is 0 Å². The van der Waals surface area contributed by atoms with Crippen LogP contribution in [0.25, 0.3) is 0 Å². The van der Waals surface area contributed by atoms with Gasteiger partial charge in [0.15, 0.2) is 0 Å². The lowest BCUT2D eigenvalue weighted by atomic mass is 10.4. The minimum absolute atomic E-state index is 0.0926. The average Bonchev–Trinajstić information content (AvgIpc) is 1.82. The summed E-state index contributed by atoms with van der Waals surface area (Å²) in [7, 11) is 1.20. The molecule has 0 aliphatic rings. The van der Waals surface area contributed by atoms with Crippen LogP contribution in [-0.4, -0.2) is 35.7 Å². The third-order valence-electron chi connectivity index (χ3n) is 0.961. The van der Waals surface area contributed by atoms with Gasteiger partial charge in [0.1, 0.15) is 0 Å². The van der Waals surface area contributed by atoms with Crippen molar-refractivity contribution in [3.8, 4) is 0 Å². The normalized spacial score (nSPS) is 9.00. The maximum atomic E-state index is 11.6. The van der Waals surface area contributed by atoms with Crippen molar-refractivity contribution in [2.45, 2.75) is 6.42 Å². The third-order valence-corrected chi connectivity index (χ3v) is 0.961. The molecule has 0 unspecified atom stereocenters. The van der Waals surface area contributed by atoms with Crippen molar-refractivity contribution < 1.29 is 19.1 Å². The van der Waals surface area contributed by atoms with Crippen molar-refractivity contribution in [3.63, 3.8) is 0 Å². The van der Waals surface area contributed by atoms with E-state index in [1.54, 1.807) is 0 Å². The van der Waals surface area contributed by atoms with Crippen LogP contribution in [-0.2, 0) is 4.79 Å². The summed E-state index contributed by atoms with van der Waals surface area (Å²) in [5.41, 5.74) is 0. The highest BCUT2D eigenvalue weighted by molar-refractivity contribution is 5.69. The fourth-order valence-corrected chi connectivity index (χ4v) is 0.351. The first kappa shape index (κ1) is 8.87. The van der Waals surface area contributed by atoms with Crippen molar-refractivity contribution in [2.24, 2.45) is 0 Å². The van der Waals surface area contributed by atoms with E-state index in [9.17, 15) is 14.0 Å². The van der Waals surface area contributed by atoms with Gasteiger partial charge in [-0.2, -0.15) is 0 Å². The van der Waals surface area contributed by atoms with Crippen LogP contribution in [0, 0.1) is 0 Å². The fourth-order valence-electron chi connectivity index (χ4n) is 0.351. The van der Waals surface area contributed by atoms with Crippen molar-refractivity contribution in [3.05, 3.63) is 0 Å². The van der Waals surface area contributed by atoms with Crippen LogP contribution in [0.2, 0.25) is 0 Å². The zero-order chi connectivity index (χ0) is 8.15. The van der Waals surface area contributed by atoms with Gasteiger partial charge in [-0.1, -0.05) is 0 Å². The van der Waals surface area contributed by atoms with Crippen LogP contribution >= 0.6 is 0 Å². The van der Waals surface area contributed by atoms with E-state index in [1.165, 1.54) is 7.05 Å². The molecule has 0 radical (unpaired) electrons. The molecule has 4 nitrogen and oxygen atoms in total. The van der Waals surface area contributed by atoms with Gasteiger partial charge in [-0.05, 0) is 0 Å². The molecule has 0 saturated carbocycles. The Bertz CT molecular complexity index is 148. The zero-order valence-corrected chi connectivity index (χ0v) is 5.50. The highest BCUT2D eigenvalue weighted by atomic mass is 19.1. The number of hydrogen-bond acceptors (Lipinski definition) is 2. The first-order valence-electron chi connectivity index (χ1n) is 2.66. The Morgan fingerprint density at radius 3 is 2.40 bits per heavy atom. The number of carboxylic acids is 1. The second-order valence-corrected chi connectivity index (χ2v) is 1.82. The van der Waals surface area contributed by atoms with E-state index in [4.69, 9.17) is 5.11 Å². The molecule has 0 aromatic carbocycles. The van der Waals surface area contributed by atoms with Gasteiger partial charge in [-0.3, -0.25) is 4.79 Å². The molecule has 1 N–H and O–H groups in total. The van der Waals surface area contributed by atoms with Gasteiger partial charge in [0, 0.05) is 13.6 Å². The number of amides is 1. The summed E-state index contributed by atoms with van der Waals surface area (Å²) in [6.07, 6.45) is -1.84. The molecule has 5 heteroatoms. The Kier molecular flexibility index (Phi) is 3.38. The van der Waals surface area contributed by atoms with Crippen LogP contribution in [0.5, 0.6) is 0 Å². The van der Waals surface area contributed by atoms with Gasteiger partial charge in [0.25, 0.3) is 0 Å². The molecule has 0 heterocycles. The van der Waals surface area contributed by atoms with Crippen LogP contribution in [0.4, 0.5) is 9.18 Å². The quantitative estimate of drug-likeness (QED) is 0.469. The minimum atomic E-state index is -1.61. The molecule has 0 spiro atoms. The number of nitrogens with zero attached hydrogens (tertiary/aromatic N) is 1. The van der Waals surface area contributed by atoms with Crippen LogP contribution in [0.15, 0.2) is 0 Å². The molecule has 0 aromatic heterocycles. The van der Waals surface area contributed by atoms with Crippen LogP contribution in [0.1, 0.15) is 6.42 Å². The molecular weight excluding hydrogens is 141 g/mol. The average molecular weight is 149 g/mol. The van der Waals surface area contributed by atoms with E-state index in [2.05, 4.69) is 0 Å². The number of aliphatic carboxylic acids is 1. The molecule has 58 valence electrons. The number of hydrogen-bond donors (Lipinski definition) is 1. The molecule has 1 amide bonds. The Morgan fingerprint density at radius 2 is 2.10 bits per heavy atom. The minimum Gasteiger partial charge on any atom is -0.481 e. The summed E-state index contributed by atoms with van der Waals surface area (Å²) in [6.45, 7) is -0.0926. The van der Waals surface area contributed by atoms with Gasteiger partial charge < -0.3 is 10.0 Å².